The molecule has 3 aliphatic rings. The van der Waals surface area contributed by atoms with Crippen LogP contribution in [0.15, 0.2) is 35.5 Å². The molecular formula is C31H30F2N6O3. The van der Waals surface area contributed by atoms with E-state index in [1.807, 2.05) is 0 Å². The summed E-state index contributed by atoms with van der Waals surface area (Å²) in [6, 6.07) is 3.25. The van der Waals surface area contributed by atoms with Gasteiger partial charge < -0.3 is 24.8 Å². The molecule has 1 aromatic carbocycles. The number of aromatic nitrogens is 3. The van der Waals surface area contributed by atoms with Crippen molar-refractivity contribution in [1.82, 2.24) is 19.4 Å². The molecule has 4 heterocycles. The number of nitrogens with one attached hydrogen (secondary N) is 1. The Balaban J connectivity index is 1.48. The molecule has 2 aliphatic carbocycles. The Kier molecular flexibility index (Phi) is 5.72. The molecule has 1 spiro atoms. The number of halogens is 2. The number of anilines is 2. The first kappa shape index (κ1) is 26.5. The van der Waals surface area contributed by atoms with Gasteiger partial charge in [0.1, 0.15) is 11.2 Å². The van der Waals surface area contributed by atoms with E-state index in [0.29, 0.717) is 51.7 Å². The predicted octanol–water partition coefficient (Wildman–Crippen LogP) is 4.12. The fourth-order valence-electron chi connectivity index (χ4n) is 7.22. The molecule has 2 atom stereocenters. The van der Waals surface area contributed by atoms with Gasteiger partial charge in [0.2, 0.25) is 5.43 Å². The van der Waals surface area contributed by atoms with Crippen molar-refractivity contribution in [2.24, 2.45) is 12.5 Å². The average molecular weight is 573 g/mol. The third kappa shape index (κ3) is 3.69. The van der Waals surface area contributed by atoms with Gasteiger partial charge in [0.05, 0.1) is 16.8 Å². The highest BCUT2D eigenvalue weighted by atomic mass is 19.2. The molecule has 0 radical (unpaired) electrons. The molecule has 1 saturated heterocycles. The zero-order valence-electron chi connectivity index (χ0n) is 23.8. The Morgan fingerprint density at radius 3 is 2.67 bits per heavy atom. The van der Waals surface area contributed by atoms with Gasteiger partial charge in [-0.25, -0.2) is 18.6 Å². The number of nitrogens with zero attached hydrogens (tertiary/aromatic N) is 5. The standard InChI is InChI=1S/C31H30F2N6O3/c1-34-21-9-20(32)26(33)24-16(21)8-22-25(24)27(39-6-5-31(14-39)10-23(31)37(2)3)18(12-35-22)15-7-17-28(40)19(30(41)42)13-38(4)29(17)36-11-15/h7,9,11-13,23,34H,5-6,8,10,14H2,1-4H3,(H,41,42)/t23-,31?/m0/s1. The first-order chi connectivity index (χ1) is 20.0. The average Bonchev–Trinajstić information content (AvgIpc) is 3.30. The third-order valence-corrected chi connectivity index (χ3v) is 9.35. The van der Waals surface area contributed by atoms with Gasteiger partial charge in [-0.1, -0.05) is 0 Å². The number of carboxylic acids is 1. The minimum Gasteiger partial charge on any atom is -0.477 e. The molecule has 216 valence electrons. The summed E-state index contributed by atoms with van der Waals surface area (Å²) >= 11 is 0. The van der Waals surface area contributed by atoms with Crippen molar-refractivity contribution in [2.45, 2.75) is 25.3 Å². The van der Waals surface area contributed by atoms with Crippen molar-refractivity contribution in [3.8, 4) is 22.3 Å². The number of hydrogen-bond donors (Lipinski definition) is 2. The number of carbonyl (C=O) groups is 1. The third-order valence-electron chi connectivity index (χ3n) is 9.35. The zero-order valence-corrected chi connectivity index (χ0v) is 23.8. The molecule has 1 unspecified atom stereocenters. The topological polar surface area (TPSA) is 104 Å². The highest BCUT2D eigenvalue weighted by Gasteiger charge is 2.58. The van der Waals surface area contributed by atoms with Gasteiger partial charge in [-0.3, -0.25) is 9.78 Å². The van der Waals surface area contributed by atoms with E-state index in [-0.39, 0.29) is 21.9 Å². The summed E-state index contributed by atoms with van der Waals surface area (Å²) in [7, 11) is 7.48. The first-order valence-corrected chi connectivity index (χ1v) is 13.9. The minimum absolute atomic E-state index is 0.114. The van der Waals surface area contributed by atoms with E-state index in [0.717, 1.165) is 31.6 Å². The van der Waals surface area contributed by atoms with Crippen molar-refractivity contribution < 1.29 is 18.7 Å². The molecule has 2 fully saturated rings. The van der Waals surface area contributed by atoms with E-state index in [1.54, 1.807) is 32.6 Å². The summed E-state index contributed by atoms with van der Waals surface area (Å²) in [6.45, 7) is 1.47. The molecule has 42 heavy (non-hydrogen) atoms. The lowest BCUT2D eigenvalue weighted by atomic mass is 9.97. The maximum atomic E-state index is 15.7. The summed E-state index contributed by atoms with van der Waals surface area (Å²) in [5.74, 6) is -3.17. The summed E-state index contributed by atoms with van der Waals surface area (Å²) in [5.41, 5.74) is 3.97. The Labute approximate surface area is 240 Å². The summed E-state index contributed by atoms with van der Waals surface area (Å²) in [6.07, 6.45) is 6.97. The van der Waals surface area contributed by atoms with Crippen LogP contribution in [0, 0.1) is 17.0 Å². The van der Waals surface area contributed by atoms with Gasteiger partial charge in [0.15, 0.2) is 11.6 Å². The molecule has 4 aromatic rings. The quantitative estimate of drug-likeness (QED) is 0.324. The molecule has 3 aromatic heterocycles. The van der Waals surface area contributed by atoms with Crippen LogP contribution >= 0.6 is 0 Å². The Bertz CT molecular complexity index is 1900. The summed E-state index contributed by atoms with van der Waals surface area (Å²) < 4.78 is 32.1. The molecule has 2 N–H and O–H groups in total. The number of carboxylic acid groups (broad SMARTS) is 1. The van der Waals surface area contributed by atoms with Crippen LogP contribution in [0.4, 0.5) is 20.2 Å². The predicted molar refractivity (Wildman–Crippen MR) is 156 cm³/mol. The van der Waals surface area contributed by atoms with E-state index in [2.05, 4.69) is 34.2 Å². The SMILES string of the molecule is CNc1cc(F)c(F)c2c1Cc1ncc(-c3cnc4c(c3)c(=O)c(C(=O)O)cn4C)c(N3CCC4(C[C@@H]4N(C)C)C3)c1-2. The van der Waals surface area contributed by atoms with E-state index in [9.17, 15) is 19.1 Å². The van der Waals surface area contributed by atoms with Crippen molar-refractivity contribution in [3.05, 3.63) is 69.4 Å². The normalized spacial score (nSPS) is 20.5. The van der Waals surface area contributed by atoms with Crippen LogP contribution in [0.2, 0.25) is 0 Å². The highest BCUT2D eigenvalue weighted by molar-refractivity contribution is 5.98. The smallest absolute Gasteiger partial charge is 0.341 e. The number of pyridine rings is 3. The van der Waals surface area contributed by atoms with Crippen LogP contribution in [0.25, 0.3) is 33.3 Å². The maximum Gasteiger partial charge on any atom is 0.341 e. The lowest BCUT2D eigenvalue weighted by molar-refractivity contribution is 0.0695. The maximum absolute atomic E-state index is 15.7. The number of aryl methyl sites for hydroxylation is 1. The molecule has 0 bridgehead atoms. The molecule has 7 rings (SSSR count). The van der Waals surface area contributed by atoms with Gasteiger partial charge in [0.25, 0.3) is 0 Å². The van der Waals surface area contributed by atoms with E-state index >= 15 is 4.39 Å². The monoisotopic (exact) mass is 572 g/mol. The van der Waals surface area contributed by atoms with Crippen LogP contribution in [0.5, 0.6) is 0 Å². The van der Waals surface area contributed by atoms with Crippen molar-refractivity contribution in [3.63, 3.8) is 0 Å². The van der Waals surface area contributed by atoms with Gasteiger partial charge in [-0.05, 0) is 38.6 Å². The van der Waals surface area contributed by atoms with Crippen molar-refractivity contribution in [1.29, 1.82) is 0 Å². The number of fused-ring (bicyclic) bond motifs is 4. The number of benzene rings is 1. The van der Waals surface area contributed by atoms with Crippen LogP contribution in [-0.4, -0.2) is 70.8 Å². The van der Waals surface area contributed by atoms with Gasteiger partial charge in [-0.2, -0.15) is 0 Å². The van der Waals surface area contributed by atoms with E-state index < -0.39 is 23.0 Å². The first-order valence-electron chi connectivity index (χ1n) is 13.9. The van der Waals surface area contributed by atoms with Crippen LogP contribution in [0.3, 0.4) is 0 Å². The number of rotatable bonds is 5. The fraction of sp³-hybridized carbons (Fsp3) is 0.355. The molecule has 0 amide bonds. The lowest BCUT2D eigenvalue weighted by Crippen LogP contribution is -2.26. The second-order valence-corrected chi connectivity index (χ2v) is 11.9. The summed E-state index contributed by atoms with van der Waals surface area (Å²) in [4.78, 5) is 38.7. The largest absolute Gasteiger partial charge is 0.477 e. The lowest BCUT2D eigenvalue weighted by Gasteiger charge is -2.26. The van der Waals surface area contributed by atoms with Gasteiger partial charge in [-0.15, -0.1) is 0 Å². The van der Waals surface area contributed by atoms with Crippen molar-refractivity contribution in [2.75, 3.05) is 44.4 Å². The van der Waals surface area contributed by atoms with Crippen LogP contribution in [0.1, 0.15) is 34.5 Å². The van der Waals surface area contributed by atoms with Gasteiger partial charge >= 0.3 is 5.97 Å². The Morgan fingerprint density at radius 1 is 1.19 bits per heavy atom. The Hall–Kier alpha value is -4.38. The molecule has 9 nitrogen and oxygen atoms in total. The summed E-state index contributed by atoms with van der Waals surface area (Å²) in [5, 5.41) is 12.8. The van der Waals surface area contributed by atoms with Crippen molar-refractivity contribution >= 4 is 28.4 Å². The molecule has 11 heteroatoms. The fourth-order valence-corrected chi connectivity index (χ4v) is 7.22. The second kappa shape index (κ2) is 9.06. The molecule has 1 aliphatic heterocycles. The zero-order chi connectivity index (χ0) is 29.7. The molecule has 1 saturated carbocycles. The number of aromatic carboxylic acids is 1. The minimum atomic E-state index is -1.32. The Morgan fingerprint density at radius 2 is 1.98 bits per heavy atom. The van der Waals surface area contributed by atoms with Crippen LogP contribution < -0.4 is 15.6 Å². The van der Waals surface area contributed by atoms with E-state index in [1.165, 1.54) is 16.8 Å². The van der Waals surface area contributed by atoms with E-state index in [4.69, 9.17) is 4.98 Å². The highest BCUT2D eigenvalue weighted by Crippen LogP contribution is 2.58. The van der Waals surface area contributed by atoms with Gasteiger partial charge in [0, 0.05) is 97.7 Å². The number of hydrogen-bond acceptors (Lipinski definition) is 7. The second-order valence-electron chi connectivity index (χ2n) is 11.9. The molecular weight excluding hydrogens is 542 g/mol. The van der Waals surface area contributed by atoms with Crippen LogP contribution in [-0.2, 0) is 13.5 Å².